The Bertz CT molecular complexity index is 254. The maximum Gasteiger partial charge on any atom is 0.161 e. The Morgan fingerprint density at radius 1 is 0.560 bits per heavy atom. The molecule has 0 aromatic heterocycles. The van der Waals surface area contributed by atoms with Crippen molar-refractivity contribution in [3.8, 4) is 0 Å². The first-order valence-electron chi connectivity index (χ1n) is 11.2. The molecule has 0 aliphatic heterocycles. The Hall–Kier alpha value is 0.354. The van der Waals surface area contributed by atoms with Gasteiger partial charge in [0.1, 0.15) is 0 Å². The molecule has 0 saturated heterocycles. The highest BCUT2D eigenvalue weighted by Crippen LogP contribution is 2.27. The summed E-state index contributed by atoms with van der Waals surface area (Å²) in [6, 6.07) is 0. The summed E-state index contributed by atoms with van der Waals surface area (Å²) >= 11 is 0. The van der Waals surface area contributed by atoms with E-state index in [2.05, 4.69) is 41.5 Å². The van der Waals surface area contributed by atoms with E-state index in [9.17, 15) is 0 Å². The van der Waals surface area contributed by atoms with Crippen LogP contribution in [0.5, 0.6) is 0 Å². The van der Waals surface area contributed by atoms with E-state index >= 15 is 0 Å². The van der Waals surface area contributed by atoms with Crippen molar-refractivity contribution in [1.82, 2.24) is 0 Å². The van der Waals surface area contributed by atoms with Gasteiger partial charge in [-0.1, -0.05) is 79.1 Å². The minimum absolute atomic E-state index is 0.153. The van der Waals surface area contributed by atoms with Crippen LogP contribution in [0.3, 0.4) is 0 Å². The maximum atomic E-state index is 6.50. The highest BCUT2D eigenvalue weighted by Gasteiger charge is 2.25. The SMILES string of the molecule is CCCCC(C)(CCCC)O[SiH2]C[SiH2]OC(C)(CCCC)CCCC. The van der Waals surface area contributed by atoms with Crippen LogP contribution < -0.4 is 0 Å². The van der Waals surface area contributed by atoms with E-state index in [4.69, 9.17) is 8.85 Å². The summed E-state index contributed by atoms with van der Waals surface area (Å²) in [5.74, 6) is 0. The summed E-state index contributed by atoms with van der Waals surface area (Å²) in [4.78, 5) is 0. The summed E-state index contributed by atoms with van der Waals surface area (Å²) in [5.41, 5.74) is 1.60. The molecule has 0 bridgehead atoms. The zero-order valence-corrected chi connectivity index (χ0v) is 21.3. The predicted molar refractivity (Wildman–Crippen MR) is 119 cm³/mol. The van der Waals surface area contributed by atoms with Crippen molar-refractivity contribution in [1.29, 1.82) is 0 Å². The Kier molecular flexibility index (Phi) is 15.6. The van der Waals surface area contributed by atoms with Crippen LogP contribution in [0.1, 0.15) is 119 Å². The molecule has 0 rings (SSSR count). The van der Waals surface area contributed by atoms with Gasteiger partial charge in [0, 0.05) is 0 Å². The van der Waals surface area contributed by atoms with Gasteiger partial charge in [-0.15, -0.1) is 0 Å². The van der Waals surface area contributed by atoms with Gasteiger partial charge in [0.05, 0.1) is 11.2 Å². The molecule has 0 fully saturated rings. The van der Waals surface area contributed by atoms with Crippen molar-refractivity contribution in [2.24, 2.45) is 0 Å². The predicted octanol–water partition coefficient (Wildman–Crippen LogP) is 5.84. The molecule has 0 amide bonds. The molecule has 0 saturated carbocycles. The first-order valence-corrected chi connectivity index (χ1v) is 14.4. The van der Waals surface area contributed by atoms with Crippen molar-refractivity contribution < 1.29 is 8.85 Å². The maximum absolute atomic E-state index is 6.50. The van der Waals surface area contributed by atoms with E-state index in [1.807, 2.05) is 0 Å². The minimum Gasteiger partial charge on any atom is -0.419 e. The summed E-state index contributed by atoms with van der Waals surface area (Å²) in [6.07, 6.45) is 15.3. The highest BCUT2D eigenvalue weighted by atomic mass is 28.3. The molecule has 0 radical (unpaired) electrons. The van der Waals surface area contributed by atoms with E-state index in [1.54, 1.807) is 0 Å². The van der Waals surface area contributed by atoms with E-state index in [-0.39, 0.29) is 11.2 Å². The van der Waals surface area contributed by atoms with Gasteiger partial charge in [-0.3, -0.25) is 0 Å². The minimum atomic E-state index is -0.419. The quantitative estimate of drug-likeness (QED) is 0.217. The summed E-state index contributed by atoms with van der Waals surface area (Å²) in [5, 5.41) is 0. The molecule has 0 spiro atoms. The van der Waals surface area contributed by atoms with Gasteiger partial charge in [0.2, 0.25) is 0 Å². The molecule has 0 aromatic rings. The third-order valence-corrected chi connectivity index (χ3v) is 9.54. The van der Waals surface area contributed by atoms with E-state index < -0.39 is 19.5 Å². The third-order valence-electron chi connectivity index (χ3n) is 5.43. The molecule has 0 aliphatic rings. The molecule has 2 nitrogen and oxygen atoms in total. The highest BCUT2D eigenvalue weighted by molar-refractivity contribution is 6.48. The van der Waals surface area contributed by atoms with Crippen molar-refractivity contribution >= 4 is 19.5 Å². The van der Waals surface area contributed by atoms with Crippen LogP contribution in [0.25, 0.3) is 0 Å². The molecule has 152 valence electrons. The fraction of sp³-hybridized carbons (Fsp3) is 1.00. The van der Waals surface area contributed by atoms with Crippen LogP contribution in [0, 0.1) is 0 Å². The number of rotatable bonds is 18. The topological polar surface area (TPSA) is 18.5 Å². The zero-order chi connectivity index (χ0) is 19.0. The molecule has 0 aromatic carbocycles. The second-order valence-corrected chi connectivity index (χ2v) is 12.6. The molecule has 0 atom stereocenters. The Balaban J connectivity index is 4.22. The molecular formula is C21H48O2Si2. The van der Waals surface area contributed by atoms with Gasteiger partial charge in [0.15, 0.2) is 19.5 Å². The van der Waals surface area contributed by atoms with Crippen LogP contribution in [-0.2, 0) is 8.85 Å². The Labute approximate surface area is 164 Å². The van der Waals surface area contributed by atoms with E-state index in [1.165, 1.54) is 82.7 Å². The fourth-order valence-electron chi connectivity index (χ4n) is 3.44. The van der Waals surface area contributed by atoms with Gasteiger partial charge in [-0.25, -0.2) is 0 Å². The number of hydrogen-bond donors (Lipinski definition) is 0. The van der Waals surface area contributed by atoms with Gasteiger partial charge in [-0.2, -0.15) is 0 Å². The number of unbranched alkanes of at least 4 members (excludes halogenated alkanes) is 4. The van der Waals surface area contributed by atoms with Crippen LogP contribution in [0.15, 0.2) is 0 Å². The second kappa shape index (κ2) is 15.4. The standard InChI is InChI=1S/C21H48O2Si2/c1-7-11-15-20(5,16-12-8-2)22-24-19-25-23-21(6,17-13-9-3)18-14-10-4/h7-19,24-25H2,1-6H3. The van der Waals surface area contributed by atoms with E-state index in [0.29, 0.717) is 0 Å². The van der Waals surface area contributed by atoms with Crippen LogP contribution in [0.2, 0.25) is 5.67 Å². The first kappa shape index (κ1) is 25.4. The molecule has 0 aliphatic carbocycles. The van der Waals surface area contributed by atoms with Crippen LogP contribution in [0.4, 0.5) is 0 Å². The van der Waals surface area contributed by atoms with Crippen molar-refractivity contribution in [3.05, 3.63) is 0 Å². The Morgan fingerprint density at radius 2 is 0.840 bits per heavy atom. The van der Waals surface area contributed by atoms with Gasteiger partial charge >= 0.3 is 0 Å². The average Bonchev–Trinajstić information content (AvgIpc) is 2.61. The van der Waals surface area contributed by atoms with Crippen LogP contribution in [-0.4, -0.2) is 30.7 Å². The molecule has 0 N–H and O–H groups in total. The lowest BCUT2D eigenvalue weighted by atomic mass is 9.93. The van der Waals surface area contributed by atoms with Gasteiger partial charge < -0.3 is 8.85 Å². The largest absolute Gasteiger partial charge is 0.419 e. The smallest absolute Gasteiger partial charge is 0.161 e. The van der Waals surface area contributed by atoms with Crippen molar-refractivity contribution in [2.75, 3.05) is 0 Å². The lowest BCUT2D eigenvalue weighted by molar-refractivity contribution is 0.0645. The van der Waals surface area contributed by atoms with E-state index in [0.717, 1.165) is 0 Å². The lowest BCUT2D eigenvalue weighted by Crippen LogP contribution is -2.33. The first-order chi connectivity index (χ1) is 11.9. The average molecular weight is 389 g/mol. The van der Waals surface area contributed by atoms with Crippen LogP contribution >= 0.6 is 0 Å². The summed E-state index contributed by atoms with van der Waals surface area (Å²) < 4.78 is 13.0. The normalized spacial score (nSPS) is 13.7. The van der Waals surface area contributed by atoms with Crippen molar-refractivity contribution in [2.45, 2.75) is 135 Å². The molecule has 0 unspecified atom stereocenters. The van der Waals surface area contributed by atoms with Gasteiger partial charge in [-0.05, 0) is 45.2 Å². The molecule has 0 heterocycles. The Morgan fingerprint density at radius 3 is 1.08 bits per heavy atom. The monoisotopic (exact) mass is 388 g/mol. The molecule has 25 heavy (non-hydrogen) atoms. The third kappa shape index (κ3) is 13.2. The van der Waals surface area contributed by atoms with Crippen molar-refractivity contribution in [3.63, 3.8) is 0 Å². The second-order valence-electron chi connectivity index (χ2n) is 8.36. The summed E-state index contributed by atoms with van der Waals surface area (Å²) in [6.45, 7) is 13.9. The number of hydrogen-bond acceptors (Lipinski definition) is 2. The molecule has 4 heteroatoms. The lowest BCUT2D eigenvalue weighted by Gasteiger charge is -2.32. The molecular weight excluding hydrogens is 340 g/mol. The zero-order valence-electron chi connectivity index (χ0n) is 18.4. The fourth-order valence-corrected chi connectivity index (χ4v) is 6.63. The van der Waals surface area contributed by atoms with Gasteiger partial charge in [0.25, 0.3) is 0 Å². The summed E-state index contributed by atoms with van der Waals surface area (Å²) in [7, 11) is -0.839.